The van der Waals surface area contributed by atoms with Crippen LogP contribution in [0.1, 0.15) is 146 Å². The van der Waals surface area contributed by atoms with E-state index in [9.17, 15) is 59.7 Å². The van der Waals surface area contributed by atoms with E-state index in [0.717, 1.165) is 11.1 Å². The number of aliphatic hydroxyl groups excluding tert-OH is 1. The topological polar surface area (TPSA) is 298 Å². The van der Waals surface area contributed by atoms with Crippen molar-refractivity contribution in [2.75, 3.05) is 0 Å². The summed E-state index contributed by atoms with van der Waals surface area (Å²) in [6, 6.07) is 0. The molecule has 4 aliphatic heterocycles. The molecule has 0 bridgehead atoms. The number of aliphatic hydroxyl groups is 7. The van der Waals surface area contributed by atoms with Crippen LogP contribution in [0.2, 0.25) is 0 Å². The van der Waals surface area contributed by atoms with E-state index in [0.29, 0.717) is 56.1 Å². The van der Waals surface area contributed by atoms with Gasteiger partial charge in [0, 0.05) is 47.2 Å². The Morgan fingerprint density at radius 3 is 1.56 bits per heavy atom. The molecule has 79 heavy (non-hydrogen) atoms. The van der Waals surface area contributed by atoms with Crippen LogP contribution in [0, 0.1) is 45.3 Å². The Morgan fingerprint density at radius 1 is 0.658 bits per heavy atom. The first-order chi connectivity index (χ1) is 36.7. The van der Waals surface area contributed by atoms with Gasteiger partial charge in [0.1, 0.15) is 58.2 Å². The lowest BCUT2D eigenvalue weighted by atomic mass is 9.42. The molecule has 0 amide bonds. The fourth-order valence-corrected chi connectivity index (χ4v) is 19.5. The van der Waals surface area contributed by atoms with E-state index in [1.54, 1.807) is 19.9 Å². The van der Waals surface area contributed by atoms with Crippen molar-refractivity contribution in [2.45, 2.75) is 228 Å². The van der Waals surface area contributed by atoms with E-state index >= 15 is 0 Å². The van der Waals surface area contributed by atoms with Gasteiger partial charge in [0.2, 0.25) is 0 Å². The molecule has 1 aromatic heterocycles. The average molecular weight is 1100 g/mol. The van der Waals surface area contributed by atoms with Crippen molar-refractivity contribution in [3.05, 3.63) is 65.3 Å². The lowest BCUT2D eigenvalue weighted by Gasteiger charge is -2.63. The molecular weight excluding hydrogens is 1020 g/mol. The molecule has 12 aliphatic rings. The molecule has 6 saturated carbocycles. The predicted molar refractivity (Wildman–Crippen MR) is 277 cm³/mol. The molecule has 19 heteroatoms. The SMILES string of the molecule is CC1=C(C)C(=O)OC([C@](C)(O)[C@]2(O)CC[C@@]3(O)C4C[C@H]5O[C@]56[C@@H](O)C=CC(=O)[C@]6(C)C4CC[C@]23C)C1.CC1=C(C)C(=O)OC([C@](C)(O)[C@]2(O)CC[C@@]3(O)C4C[C@H]5O[C@]56[C@@H](OC(=O)n5ccnc5)C=CC(=O)[C@]6(C)C4CC[C@]23C)C1. The zero-order chi connectivity index (χ0) is 57.2. The third kappa shape index (κ3) is 6.30. The highest BCUT2D eigenvalue weighted by atomic mass is 16.7. The summed E-state index contributed by atoms with van der Waals surface area (Å²) in [6.07, 6.45) is 9.11. The minimum absolute atomic E-state index is 0.0933. The molecule has 2 saturated heterocycles. The highest BCUT2D eigenvalue weighted by molar-refractivity contribution is 5.99. The number of ether oxygens (including phenoxy) is 5. The number of fused-ring (bicyclic) bond motifs is 8. The number of allylic oxidation sites excluding steroid dienone is 2. The molecule has 13 rings (SSSR count). The van der Waals surface area contributed by atoms with E-state index in [4.69, 9.17) is 23.7 Å². The summed E-state index contributed by atoms with van der Waals surface area (Å²) in [4.78, 5) is 69.0. The number of rotatable bonds is 5. The lowest BCUT2D eigenvalue weighted by molar-refractivity contribution is -0.283. The zero-order valence-corrected chi connectivity index (χ0v) is 46.9. The molecule has 0 radical (unpaired) electrons. The van der Waals surface area contributed by atoms with Crippen molar-refractivity contribution < 1.29 is 83.4 Å². The number of nitrogens with zero attached hydrogens (tertiary/aromatic N) is 2. The van der Waals surface area contributed by atoms with E-state index in [1.807, 2.05) is 41.5 Å². The van der Waals surface area contributed by atoms with Gasteiger partial charge in [0.15, 0.2) is 17.7 Å². The first-order valence-electron chi connectivity index (χ1n) is 28.5. The van der Waals surface area contributed by atoms with Crippen LogP contribution in [0.3, 0.4) is 0 Å². The maximum atomic E-state index is 13.8. The third-order valence-corrected chi connectivity index (χ3v) is 25.1. The number of carbonyl (C=O) groups is 5. The molecule has 5 heterocycles. The number of aromatic nitrogens is 2. The fourth-order valence-electron chi connectivity index (χ4n) is 19.5. The quantitative estimate of drug-likeness (QED) is 0.123. The maximum absolute atomic E-state index is 13.8. The van der Waals surface area contributed by atoms with Gasteiger partial charge in [0.05, 0.1) is 34.2 Å². The highest BCUT2D eigenvalue weighted by Gasteiger charge is 2.87. The first kappa shape index (κ1) is 55.1. The first-order valence-corrected chi connectivity index (χ1v) is 28.5. The number of ketones is 2. The number of hydrogen-bond acceptors (Lipinski definition) is 18. The number of hydrogen-bond donors (Lipinski definition) is 7. The molecule has 2 spiro atoms. The molecule has 8 fully saturated rings. The molecule has 19 nitrogen and oxygen atoms in total. The standard InChI is InChI=1S/C32H40N2O9.C28H38O8/c1-17-14-23(41-25(36)18(17)2)29(5,38)31(40)11-10-30(39)20-15-24-32(43-24)22(42-26(37)34-13-12-33-16-34)7-6-21(35)28(32,4)19(20)8-9-27(30,31)3;1-14-12-20(35-22(31)15(14)2)25(5,32)27(34)11-10-26(33)17-13-21-28(36-21)19(30)7-6-18(29)24(28,4)16(17)8-9-23(26,27)3/h6-7,12-13,16,19-20,22-24,38-40H,8-11,14-15H2,1-5H3;6-7,16-17,19-21,30,32-34H,8-13H2,1-5H3/t19?,20?,22-,23?,24+,27-,28-,29-,30+,31-,32+;16?,17?,19-,20?,21+,23-,24-,25-,26+,27-,28+/m00/s1. The molecule has 22 atom stereocenters. The molecule has 1 aromatic rings. The van der Waals surface area contributed by atoms with Gasteiger partial charge in [-0.05, 0) is 168 Å². The highest BCUT2D eigenvalue weighted by Crippen LogP contribution is 2.77. The number of esters is 2. The van der Waals surface area contributed by atoms with Crippen molar-refractivity contribution in [2.24, 2.45) is 45.3 Å². The van der Waals surface area contributed by atoms with Crippen LogP contribution in [0.5, 0.6) is 0 Å². The summed E-state index contributed by atoms with van der Waals surface area (Å²) in [5.41, 5.74) is -13.7. The summed E-state index contributed by atoms with van der Waals surface area (Å²) in [6.45, 7) is 17.4. The molecular formula is C60H78N2O17. The molecule has 7 N–H and O–H groups in total. The van der Waals surface area contributed by atoms with Crippen molar-refractivity contribution in [3.8, 4) is 0 Å². The van der Waals surface area contributed by atoms with Gasteiger partial charge in [-0.15, -0.1) is 0 Å². The summed E-state index contributed by atoms with van der Waals surface area (Å²) in [5.74, 6) is -2.61. The van der Waals surface area contributed by atoms with Gasteiger partial charge in [-0.3, -0.25) is 9.59 Å². The van der Waals surface area contributed by atoms with Crippen LogP contribution in [0.4, 0.5) is 4.79 Å². The van der Waals surface area contributed by atoms with Crippen molar-refractivity contribution in [1.82, 2.24) is 9.55 Å². The van der Waals surface area contributed by atoms with Crippen LogP contribution in [-0.4, -0.2) is 156 Å². The Morgan fingerprint density at radius 2 is 1.10 bits per heavy atom. The van der Waals surface area contributed by atoms with Crippen molar-refractivity contribution in [3.63, 3.8) is 0 Å². The van der Waals surface area contributed by atoms with E-state index in [2.05, 4.69) is 4.98 Å². The van der Waals surface area contributed by atoms with Crippen LogP contribution in [0.15, 0.2) is 65.3 Å². The predicted octanol–water partition coefficient (Wildman–Crippen LogP) is 4.34. The minimum Gasteiger partial charge on any atom is -0.455 e. The van der Waals surface area contributed by atoms with Gasteiger partial charge in [-0.1, -0.05) is 25.0 Å². The van der Waals surface area contributed by atoms with Crippen molar-refractivity contribution >= 4 is 29.6 Å². The number of epoxide rings is 2. The van der Waals surface area contributed by atoms with Crippen LogP contribution >= 0.6 is 0 Å². The Labute approximate surface area is 459 Å². The second-order valence-electron chi connectivity index (χ2n) is 27.4. The Bertz CT molecular complexity index is 3000. The van der Waals surface area contributed by atoms with E-state index in [1.165, 1.54) is 55.4 Å². The number of cyclic esters (lactones) is 2. The Balaban J connectivity index is 0.000000160. The average Bonchev–Trinajstić information content (AvgIpc) is 1.76. The molecule has 0 aromatic carbocycles. The van der Waals surface area contributed by atoms with E-state index < -0.39 is 121 Å². The Kier molecular flexibility index (Phi) is 11.6. The number of imidazole rings is 1. The summed E-state index contributed by atoms with van der Waals surface area (Å²) in [5, 5.41) is 84.8. The van der Waals surface area contributed by atoms with Gasteiger partial charge < -0.3 is 59.4 Å². The largest absolute Gasteiger partial charge is 0.455 e. The second kappa shape index (κ2) is 16.6. The number of carbonyl (C=O) groups excluding carboxylic acids is 5. The Hall–Kier alpha value is -4.44. The van der Waals surface area contributed by atoms with Crippen LogP contribution in [-0.2, 0) is 42.9 Å². The monoisotopic (exact) mass is 1100 g/mol. The van der Waals surface area contributed by atoms with E-state index in [-0.39, 0.29) is 67.5 Å². The molecule has 8 aliphatic carbocycles. The molecule has 6 unspecified atom stereocenters. The molecule has 430 valence electrons. The maximum Gasteiger partial charge on any atom is 0.419 e. The minimum atomic E-state index is -1.86. The van der Waals surface area contributed by atoms with Gasteiger partial charge in [-0.25, -0.2) is 23.9 Å². The summed E-state index contributed by atoms with van der Waals surface area (Å²) >= 11 is 0. The zero-order valence-electron chi connectivity index (χ0n) is 46.9. The van der Waals surface area contributed by atoms with Gasteiger partial charge >= 0.3 is 18.0 Å². The third-order valence-electron chi connectivity index (χ3n) is 25.1. The fraction of sp³-hybridized carbons (Fsp3) is 0.733. The normalized spacial score (nSPS) is 51.3. The lowest BCUT2D eigenvalue weighted by Crippen LogP contribution is -2.73. The van der Waals surface area contributed by atoms with Crippen LogP contribution in [0.25, 0.3) is 0 Å². The smallest absolute Gasteiger partial charge is 0.419 e. The van der Waals surface area contributed by atoms with Crippen LogP contribution < -0.4 is 0 Å². The summed E-state index contributed by atoms with van der Waals surface area (Å²) in [7, 11) is 0. The van der Waals surface area contributed by atoms with Crippen molar-refractivity contribution in [1.29, 1.82) is 0 Å². The second-order valence-corrected chi connectivity index (χ2v) is 27.4. The summed E-state index contributed by atoms with van der Waals surface area (Å²) < 4.78 is 30.9. The van der Waals surface area contributed by atoms with Gasteiger partial charge in [-0.2, -0.15) is 0 Å². The van der Waals surface area contributed by atoms with Gasteiger partial charge in [0.25, 0.3) is 0 Å².